The molecule has 1 aromatic carbocycles. The molecular formula is C27H39NO6. The number of rotatable bonds is 5. The summed E-state index contributed by atoms with van der Waals surface area (Å²) in [5.74, 6) is 1.14. The lowest BCUT2D eigenvalue weighted by molar-refractivity contribution is -0.145. The molecule has 1 saturated heterocycles. The van der Waals surface area contributed by atoms with Crippen molar-refractivity contribution in [2.45, 2.75) is 83.5 Å². The van der Waals surface area contributed by atoms with Crippen LogP contribution in [0.15, 0.2) is 18.2 Å². The molecular weight excluding hydrogens is 434 g/mol. The number of carbonyl (C=O) groups excluding carboxylic acids is 2. The molecule has 0 aromatic heterocycles. The molecule has 4 unspecified atom stereocenters. The van der Waals surface area contributed by atoms with Crippen LogP contribution in [0, 0.1) is 17.8 Å². The van der Waals surface area contributed by atoms with Crippen molar-refractivity contribution in [3.05, 3.63) is 29.3 Å². The van der Waals surface area contributed by atoms with Crippen molar-refractivity contribution >= 4 is 12.1 Å². The maximum Gasteiger partial charge on any atom is 0.410 e. The van der Waals surface area contributed by atoms with Crippen molar-refractivity contribution in [3.63, 3.8) is 0 Å². The van der Waals surface area contributed by atoms with Crippen LogP contribution in [0.3, 0.4) is 0 Å². The van der Waals surface area contributed by atoms with Gasteiger partial charge in [0.05, 0.1) is 19.1 Å². The fourth-order valence-electron chi connectivity index (χ4n) is 5.52. The molecule has 1 aliphatic carbocycles. The maximum absolute atomic E-state index is 12.4. The molecule has 188 valence electrons. The predicted molar refractivity (Wildman–Crippen MR) is 128 cm³/mol. The minimum absolute atomic E-state index is 0.0935. The quantitative estimate of drug-likeness (QED) is 0.617. The van der Waals surface area contributed by atoms with Gasteiger partial charge in [0.15, 0.2) is 0 Å². The van der Waals surface area contributed by atoms with Crippen LogP contribution in [0.1, 0.15) is 82.9 Å². The molecule has 1 amide bonds. The van der Waals surface area contributed by atoms with E-state index < -0.39 is 11.7 Å². The Labute approximate surface area is 202 Å². The van der Waals surface area contributed by atoms with Crippen LogP contribution in [0.25, 0.3) is 0 Å². The minimum atomic E-state index is -0.580. The highest BCUT2D eigenvalue weighted by atomic mass is 16.6. The second kappa shape index (κ2) is 9.76. The highest BCUT2D eigenvalue weighted by Crippen LogP contribution is 2.49. The van der Waals surface area contributed by atoms with E-state index in [4.69, 9.17) is 14.2 Å². The van der Waals surface area contributed by atoms with Gasteiger partial charge in [-0.15, -0.1) is 0 Å². The van der Waals surface area contributed by atoms with Crippen molar-refractivity contribution in [1.29, 1.82) is 0 Å². The van der Waals surface area contributed by atoms with E-state index in [9.17, 15) is 14.7 Å². The van der Waals surface area contributed by atoms with Crippen LogP contribution < -0.4 is 4.74 Å². The van der Waals surface area contributed by atoms with Crippen molar-refractivity contribution in [2.24, 2.45) is 17.8 Å². The summed E-state index contributed by atoms with van der Waals surface area (Å²) in [6, 6.07) is 6.02. The third-order valence-corrected chi connectivity index (χ3v) is 7.47. The Morgan fingerprint density at radius 1 is 1.15 bits per heavy atom. The van der Waals surface area contributed by atoms with Crippen LogP contribution in [-0.2, 0) is 14.3 Å². The van der Waals surface area contributed by atoms with E-state index >= 15 is 0 Å². The van der Waals surface area contributed by atoms with Crippen molar-refractivity contribution in [2.75, 3.05) is 20.2 Å². The number of likely N-dealkylation sites (tertiary alicyclic amines) is 1. The van der Waals surface area contributed by atoms with E-state index in [1.54, 1.807) is 4.90 Å². The first kappa shape index (κ1) is 24.8. The van der Waals surface area contributed by atoms with E-state index in [1.807, 2.05) is 45.9 Å². The number of benzene rings is 1. The van der Waals surface area contributed by atoms with E-state index in [0.29, 0.717) is 25.4 Å². The number of nitrogens with zero attached hydrogens (tertiary/aromatic N) is 1. The number of methoxy groups -OCH3 is 1. The fourth-order valence-corrected chi connectivity index (χ4v) is 5.52. The lowest BCUT2D eigenvalue weighted by Gasteiger charge is -2.39. The Morgan fingerprint density at radius 2 is 1.82 bits per heavy atom. The van der Waals surface area contributed by atoms with Gasteiger partial charge in [-0.25, -0.2) is 4.79 Å². The SMILES string of the molecule is COC(=O)C(C)C(c1ccc2c(c1)OC(C1CCN(C(=O)OC(C)(C)C)CC1)CC2O)C1CC1. The van der Waals surface area contributed by atoms with Crippen molar-refractivity contribution in [1.82, 2.24) is 4.90 Å². The second-order valence-corrected chi connectivity index (χ2v) is 11.2. The summed E-state index contributed by atoms with van der Waals surface area (Å²) in [6.07, 6.45) is 3.47. The molecule has 1 aromatic rings. The highest BCUT2D eigenvalue weighted by molar-refractivity contribution is 5.73. The fraction of sp³-hybridized carbons (Fsp3) is 0.704. The molecule has 3 aliphatic rings. The predicted octanol–water partition coefficient (Wildman–Crippen LogP) is 4.82. The number of aliphatic hydroxyl groups is 1. The molecule has 1 N–H and O–H groups in total. The summed E-state index contributed by atoms with van der Waals surface area (Å²) in [5.41, 5.74) is 1.38. The lowest BCUT2D eigenvalue weighted by Crippen LogP contribution is -2.45. The van der Waals surface area contributed by atoms with Gasteiger partial charge in [0.1, 0.15) is 17.5 Å². The van der Waals surface area contributed by atoms with Gasteiger partial charge < -0.3 is 24.2 Å². The first-order valence-corrected chi connectivity index (χ1v) is 12.6. The van der Waals surface area contributed by atoms with Gasteiger partial charge in [0.2, 0.25) is 0 Å². The summed E-state index contributed by atoms with van der Waals surface area (Å²) in [7, 11) is 1.44. The summed E-state index contributed by atoms with van der Waals surface area (Å²) in [5, 5.41) is 10.9. The number of ether oxygens (including phenoxy) is 3. The van der Waals surface area contributed by atoms with Crippen molar-refractivity contribution in [3.8, 4) is 5.75 Å². The molecule has 2 heterocycles. The smallest absolute Gasteiger partial charge is 0.410 e. The maximum atomic E-state index is 12.4. The zero-order valence-electron chi connectivity index (χ0n) is 21.1. The number of aliphatic hydroxyl groups excluding tert-OH is 1. The van der Waals surface area contributed by atoms with Crippen LogP contribution >= 0.6 is 0 Å². The minimum Gasteiger partial charge on any atom is -0.490 e. The summed E-state index contributed by atoms with van der Waals surface area (Å²) >= 11 is 0. The first-order chi connectivity index (χ1) is 16.1. The Kier molecular flexibility index (Phi) is 7.13. The number of carbonyl (C=O) groups is 2. The number of hydrogen-bond acceptors (Lipinski definition) is 6. The second-order valence-electron chi connectivity index (χ2n) is 11.2. The van der Waals surface area contributed by atoms with Gasteiger partial charge in [0, 0.05) is 25.1 Å². The zero-order chi connectivity index (χ0) is 24.6. The molecule has 1 saturated carbocycles. The average molecular weight is 474 g/mol. The van der Waals surface area contributed by atoms with E-state index in [1.165, 1.54) is 7.11 Å². The molecule has 2 aliphatic heterocycles. The Hall–Kier alpha value is -2.28. The van der Waals surface area contributed by atoms with Crippen LogP contribution in [0.4, 0.5) is 4.79 Å². The molecule has 7 nitrogen and oxygen atoms in total. The lowest BCUT2D eigenvalue weighted by atomic mass is 9.81. The van der Waals surface area contributed by atoms with Gasteiger partial charge in [-0.2, -0.15) is 0 Å². The summed E-state index contributed by atoms with van der Waals surface area (Å²) < 4.78 is 17.0. The zero-order valence-corrected chi connectivity index (χ0v) is 21.1. The molecule has 2 fully saturated rings. The summed E-state index contributed by atoms with van der Waals surface area (Å²) in [4.78, 5) is 26.4. The largest absolute Gasteiger partial charge is 0.490 e. The monoisotopic (exact) mass is 473 g/mol. The molecule has 4 rings (SSSR count). The normalized spacial score (nSPS) is 25.1. The highest BCUT2D eigenvalue weighted by Gasteiger charge is 2.41. The molecule has 34 heavy (non-hydrogen) atoms. The topological polar surface area (TPSA) is 85.3 Å². The standard InChI is InChI=1S/C27H39NO6/c1-16(25(30)32-5)24(18-6-7-18)19-8-9-20-21(29)15-22(33-23(20)14-19)17-10-12-28(13-11-17)26(31)34-27(2,3)4/h8-9,14,16-18,21-22,24,29H,6-7,10-13,15H2,1-5H3. The van der Waals surface area contributed by atoms with Gasteiger partial charge >= 0.3 is 12.1 Å². The average Bonchev–Trinajstić information content (AvgIpc) is 3.62. The number of fused-ring (bicyclic) bond motifs is 1. The Morgan fingerprint density at radius 3 is 2.41 bits per heavy atom. The van der Waals surface area contributed by atoms with E-state index in [0.717, 1.165) is 42.6 Å². The van der Waals surface area contributed by atoms with Crippen LogP contribution in [0.5, 0.6) is 5.75 Å². The van der Waals surface area contributed by atoms with Crippen molar-refractivity contribution < 1.29 is 28.9 Å². The van der Waals surface area contributed by atoms with Crippen LogP contribution in [0.2, 0.25) is 0 Å². The number of esters is 1. The van der Waals surface area contributed by atoms with Gasteiger partial charge in [-0.05, 0) is 75.8 Å². The van der Waals surface area contributed by atoms with Gasteiger partial charge in [-0.3, -0.25) is 4.79 Å². The molecule has 0 bridgehead atoms. The molecule has 7 heteroatoms. The number of piperidine rings is 1. The third-order valence-electron chi connectivity index (χ3n) is 7.47. The molecule has 0 spiro atoms. The Balaban J connectivity index is 1.45. The third kappa shape index (κ3) is 5.51. The Bertz CT molecular complexity index is 897. The van der Waals surface area contributed by atoms with E-state index in [-0.39, 0.29) is 35.9 Å². The van der Waals surface area contributed by atoms with Gasteiger partial charge in [0.25, 0.3) is 0 Å². The number of amides is 1. The van der Waals surface area contributed by atoms with Crippen LogP contribution in [-0.4, -0.2) is 54.0 Å². The number of hydrogen-bond donors (Lipinski definition) is 1. The first-order valence-electron chi connectivity index (χ1n) is 12.6. The van der Waals surface area contributed by atoms with Gasteiger partial charge in [-0.1, -0.05) is 19.1 Å². The molecule has 4 atom stereocenters. The summed E-state index contributed by atoms with van der Waals surface area (Å²) in [6.45, 7) is 8.82. The van der Waals surface area contributed by atoms with E-state index in [2.05, 4.69) is 0 Å². The molecule has 0 radical (unpaired) electrons.